The van der Waals surface area contributed by atoms with Crippen LogP contribution in [0.2, 0.25) is 0 Å². The molecule has 1 aliphatic heterocycles. The third kappa shape index (κ3) is 4.02. The van der Waals surface area contributed by atoms with Crippen molar-refractivity contribution in [2.24, 2.45) is 0 Å². The van der Waals surface area contributed by atoms with Gasteiger partial charge in [-0.15, -0.1) is 0 Å². The largest absolute Gasteiger partial charge is 0.378 e. The number of aryl methyl sites for hydroxylation is 1. The van der Waals surface area contributed by atoms with Crippen LogP contribution in [0, 0.1) is 6.92 Å². The highest BCUT2D eigenvalue weighted by molar-refractivity contribution is 6.04. The van der Waals surface area contributed by atoms with E-state index in [1.54, 1.807) is 29.9 Å². The Labute approximate surface area is 167 Å². The molecule has 29 heavy (non-hydrogen) atoms. The van der Waals surface area contributed by atoms with Gasteiger partial charge >= 0.3 is 0 Å². The molecule has 3 heterocycles. The van der Waals surface area contributed by atoms with Gasteiger partial charge in [-0.1, -0.05) is 18.2 Å². The Morgan fingerprint density at radius 2 is 1.86 bits per heavy atom. The number of hydrogen-bond donors (Lipinski definition) is 1. The molecule has 0 spiro atoms. The second-order valence-electron chi connectivity index (χ2n) is 6.67. The van der Waals surface area contributed by atoms with Gasteiger partial charge in [0.05, 0.1) is 24.6 Å². The van der Waals surface area contributed by atoms with Crippen molar-refractivity contribution in [3.8, 4) is 5.69 Å². The van der Waals surface area contributed by atoms with Crippen molar-refractivity contribution >= 4 is 17.4 Å². The maximum absolute atomic E-state index is 12.9. The maximum Gasteiger partial charge on any atom is 0.280 e. The number of amides is 1. The van der Waals surface area contributed by atoms with Crippen LogP contribution in [0.1, 0.15) is 16.2 Å². The van der Waals surface area contributed by atoms with Crippen LogP contribution >= 0.6 is 0 Å². The summed E-state index contributed by atoms with van der Waals surface area (Å²) in [5.74, 6) is 0.0850. The van der Waals surface area contributed by atoms with E-state index in [0.717, 1.165) is 5.69 Å². The number of aromatic nitrogens is 3. The molecule has 4 rings (SSSR count). The van der Waals surface area contributed by atoms with Gasteiger partial charge in [0, 0.05) is 31.0 Å². The summed E-state index contributed by atoms with van der Waals surface area (Å²) in [5.41, 5.74) is 1.36. The number of para-hydroxylation sites is 1. The summed E-state index contributed by atoms with van der Waals surface area (Å²) in [6, 6.07) is 14.3. The Balaban J connectivity index is 1.65. The van der Waals surface area contributed by atoms with Crippen LogP contribution in [-0.4, -0.2) is 47.0 Å². The minimum Gasteiger partial charge on any atom is -0.378 e. The second-order valence-corrected chi connectivity index (χ2v) is 6.67. The zero-order valence-corrected chi connectivity index (χ0v) is 16.0. The predicted octanol–water partition coefficient (Wildman–Crippen LogP) is 2.02. The maximum atomic E-state index is 12.9. The number of rotatable bonds is 4. The van der Waals surface area contributed by atoms with E-state index in [4.69, 9.17) is 4.74 Å². The highest BCUT2D eigenvalue weighted by atomic mass is 16.5. The summed E-state index contributed by atoms with van der Waals surface area (Å²) in [6.07, 6.45) is 1.67. The van der Waals surface area contributed by atoms with Gasteiger partial charge in [0.2, 0.25) is 5.43 Å². The SMILES string of the molecule is Cc1cc(=O)c(C(=O)Nc2cccnc2N2CCOCC2)nn1-c1ccccc1. The van der Waals surface area contributed by atoms with Crippen molar-refractivity contribution in [1.82, 2.24) is 14.8 Å². The fourth-order valence-electron chi connectivity index (χ4n) is 3.24. The fourth-order valence-corrected chi connectivity index (χ4v) is 3.24. The molecule has 0 radical (unpaired) electrons. The lowest BCUT2D eigenvalue weighted by Gasteiger charge is -2.29. The summed E-state index contributed by atoms with van der Waals surface area (Å²) < 4.78 is 6.97. The van der Waals surface area contributed by atoms with Gasteiger partial charge < -0.3 is 15.0 Å². The standard InChI is InChI=1S/C21H21N5O3/c1-15-14-18(27)19(24-26(15)16-6-3-2-4-7-16)21(28)23-17-8-5-9-22-20(17)25-10-12-29-13-11-25/h2-9,14H,10-13H2,1H3,(H,23,28). The Bertz CT molecular complexity index is 1080. The lowest BCUT2D eigenvalue weighted by molar-refractivity contribution is 0.101. The van der Waals surface area contributed by atoms with E-state index in [9.17, 15) is 9.59 Å². The molecule has 0 aliphatic carbocycles. The minimum absolute atomic E-state index is 0.170. The molecule has 2 aromatic heterocycles. The Kier molecular flexibility index (Phi) is 5.35. The fraction of sp³-hybridized carbons (Fsp3) is 0.238. The summed E-state index contributed by atoms with van der Waals surface area (Å²) in [6.45, 7) is 4.35. The second kappa shape index (κ2) is 8.24. The van der Waals surface area contributed by atoms with Gasteiger partial charge in [-0.2, -0.15) is 5.10 Å². The Morgan fingerprint density at radius 1 is 1.10 bits per heavy atom. The van der Waals surface area contributed by atoms with Crippen molar-refractivity contribution < 1.29 is 9.53 Å². The number of ether oxygens (including phenoxy) is 1. The monoisotopic (exact) mass is 391 g/mol. The van der Waals surface area contributed by atoms with E-state index in [-0.39, 0.29) is 5.69 Å². The number of nitrogens with one attached hydrogen (secondary N) is 1. The molecule has 1 aliphatic rings. The number of hydrogen-bond acceptors (Lipinski definition) is 6. The average Bonchev–Trinajstić information content (AvgIpc) is 2.75. The molecular weight excluding hydrogens is 370 g/mol. The van der Waals surface area contributed by atoms with Gasteiger partial charge in [-0.3, -0.25) is 9.59 Å². The van der Waals surface area contributed by atoms with E-state index in [1.807, 2.05) is 35.2 Å². The highest BCUT2D eigenvalue weighted by Gasteiger charge is 2.20. The van der Waals surface area contributed by atoms with Gasteiger partial charge in [-0.05, 0) is 31.2 Å². The third-order valence-corrected chi connectivity index (χ3v) is 4.67. The van der Waals surface area contributed by atoms with Gasteiger partial charge in [0.25, 0.3) is 5.91 Å². The quantitative estimate of drug-likeness (QED) is 0.732. The highest BCUT2D eigenvalue weighted by Crippen LogP contribution is 2.23. The molecule has 1 fully saturated rings. The number of morpholine rings is 1. The first-order valence-electron chi connectivity index (χ1n) is 9.39. The number of benzene rings is 1. The van der Waals surface area contributed by atoms with Gasteiger partial charge in [0.15, 0.2) is 11.5 Å². The lowest BCUT2D eigenvalue weighted by atomic mass is 10.2. The number of nitrogens with zero attached hydrogens (tertiary/aromatic N) is 4. The van der Waals surface area contributed by atoms with Crippen molar-refractivity contribution in [2.45, 2.75) is 6.92 Å². The smallest absolute Gasteiger partial charge is 0.280 e. The minimum atomic E-state index is -0.567. The number of pyridine rings is 1. The molecule has 8 heteroatoms. The van der Waals surface area contributed by atoms with E-state index >= 15 is 0 Å². The van der Waals surface area contributed by atoms with Crippen molar-refractivity contribution in [3.05, 3.63) is 76.3 Å². The summed E-state index contributed by atoms with van der Waals surface area (Å²) in [4.78, 5) is 31.8. The normalized spacial score (nSPS) is 13.9. The number of carbonyl (C=O) groups is 1. The molecule has 1 N–H and O–H groups in total. The summed E-state index contributed by atoms with van der Waals surface area (Å²) >= 11 is 0. The zero-order valence-electron chi connectivity index (χ0n) is 16.0. The molecule has 1 amide bonds. The van der Waals surface area contributed by atoms with Crippen molar-refractivity contribution in [3.63, 3.8) is 0 Å². The molecule has 3 aromatic rings. The first kappa shape index (κ1) is 18.8. The first-order valence-corrected chi connectivity index (χ1v) is 9.39. The van der Waals surface area contributed by atoms with Crippen LogP contribution in [0.5, 0.6) is 0 Å². The first-order chi connectivity index (χ1) is 14.1. The summed E-state index contributed by atoms with van der Waals surface area (Å²) in [5, 5.41) is 7.12. The lowest BCUT2D eigenvalue weighted by Crippen LogP contribution is -2.37. The molecule has 0 atom stereocenters. The molecular formula is C21H21N5O3. The van der Waals surface area contributed by atoms with Crippen LogP contribution in [-0.2, 0) is 4.74 Å². The number of carbonyl (C=O) groups excluding carboxylic acids is 1. The van der Waals surface area contributed by atoms with E-state index < -0.39 is 11.3 Å². The van der Waals surface area contributed by atoms with Crippen molar-refractivity contribution in [1.29, 1.82) is 0 Å². The number of anilines is 2. The third-order valence-electron chi connectivity index (χ3n) is 4.67. The van der Waals surface area contributed by atoms with E-state index in [0.29, 0.717) is 43.5 Å². The van der Waals surface area contributed by atoms with Gasteiger partial charge in [-0.25, -0.2) is 9.67 Å². The van der Waals surface area contributed by atoms with Crippen LogP contribution < -0.4 is 15.6 Å². The van der Waals surface area contributed by atoms with Crippen LogP contribution in [0.15, 0.2) is 59.5 Å². The predicted molar refractivity (Wildman–Crippen MR) is 110 cm³/mol. The van der Waals surface area contributed by atoms with Crippen LogP contribution in [0.25, 0.3) is 5.69 Å². The van der Waals surface area contributed by atoms with Crippen LogP contribution in [0.4, 0.5) is 11.5 Å². The molecule has 148 valence electrons. The van der Waals surface area contributed by atoms with Gasteiger partial charge in [0.1, 0.15) is 0 Å². The topological polar surface area (TPSA) is 89.3 Å². The zero-order chi connectivity index (χ0) is 20.2. The molecule has 8 nitrogen and oxygen atoms in total. The summed E-state index contributed by atoms with van der Waals surface area (Å²) in [7, 11) is 0. The Morgan fingerprint density at radius 3 is 2.62 bits per heavy atom. The molecule has 0 unspecified atom stereocenters. The average molecular weight is 391 g/mol. The molecule has 0 bridgehead atoms. The molecule has 0 saturated carbocycles. The van der Waals surface area contributed by atoms with Crippen molar-refractivity contribution in [2.75, 3.05) is 36.5 Å². The Hall–Kier alpha value is -3.52. The van der Waals surface area contributed by atoms with E-state index in [2.05, 4.69) is 15.4 Å². The van der Waals surface area contributed by atoms with Crippen LogP contribution in [0.3, 0.4) is 0 Å². The molecule has 1 aromatic carbocycles. The van der Waals surface area contributed by atoms with E-state index in [1.165, 1.54) is 6.07 Å². The molecule has 1 saturated heterocycles.